The highest BCUT2D eigenvalue weighted by Gasteiger charge is 2.47. The molecule has 114 valence electrons. The SMILES string of the molecule is CCOC(=O)N1CC2CCCC2C1CC(=O)c1ccco1. The van der Waals surface area contributed by atoms with E-state index in [4.69, 9.17) is 9.15 Å². The Bertz CT molecular complexity index is 510. The number of nitrogens with zero attached hydrogens (tertiary/aromatic N) is 1. The van der Waals surface area contributed by atoms with E-state index < -0.39 is 0 Å². The standard InChI is InChI=1S/C16H21NO4/c1-2-20-16(19)17-10-11-5-3-6-12(11)13(17)9-14(18)15-7-4-8-21-15/h4,7-8,11-13H,2-3,5-6,9-10H2,1H3. The topological polar surface area (TPSA) is 59.8 Å². The lowest BCUT2D eigenvalue weighted by atomic mass is 9.90. The second kappa shape index (κ2) is 5.92. The Labute approximate surface area is 124 Å². The summed E-state index contributed by atoms with van der Waals surface area (Å²) in [5, 5.41) is 0. The normalized spacial score (nSPS) is 27.7. The van der Waals surface area contributed by atoms with Crippen LogP contribution in [0.15, 0.2) is 22.8 Å². The second-order valence-electron chi connectivity index (χ2n) is 5.88. The Balaban J connectivity index is 1.75. The highest BCUT2D eigenvalue weighted by molar-refractivity contribution is 5.94. The summed E-state index contributed by atoms with van der Waals surface area (Å²) >= 11 is 0. The Morgan fingerprint density at radius 1 is 1.43 bits per heavy atom. The summed E-state index contributed by atoms with van der Waals surface area (Å²) in [4.78, 5) is 26.2. The molecule has 0 aromatic carbocycles. The quantitative estimate of drug-likeness (QED) is 0.800. The van der Waals surface area contributed by atoms with E-state index >= 15 is 0 Å². The maximum absolute atomic E-state index is 12.3. The molecule has 1 amide bonds. The van der Waals surface area contributed by atoms with Crippen molar-refractivity contribution in [2.45, 2.75) is 38.6 Å². The molecular weight excluding hydrogens is 270 g/mol. The number of ether oxygens (including phenoxy) is 1. The molecule has 2 heterocycles. The maximum Gasteiger partial charge on any atom is 0.410 e. The molecule has 1 aliphatic carbocycles. The van der Waals surface area contributed by atoms with E-state index in [1.54, 1.807) is 24.0 Å². The zero-order valence-corrected chi connectivity index (χ0v) is 12.3. The van der Waals surface area contributed by atoms with E-state index in [9.17, 15) is 9.59 Å². The molecule has 3 rings (SSSR count). The van der Waals surface area contributed by atoms with Crippen molar-refractivity contribution in [2.24, 2.45) is 11.8 Å². The van der Waals surface area contributed by atoms with E-state index in [1.807, 2.05) is 0 Å². The molecule has 2 fully saturated rings. The monoisotopic (exact) mass is 291 g/mol. The van der Waals surface area contributed by atoms with E-state index in [2.05, 4.69) is 0 Å². The molecule has 21 heavy (non-hydrogen) atoms. The summed E-state index contributed by atoms with van der Waals surface area (Å²) in [5.41, 5.74) is 0. The van der Waals surface area contributed by atoms with Gasteiger partial charge in [-0.25, -0.2) is 4.79 Å². The number of Topliss-reactive ketones (excluding diaryl/α,β-unsaturated/α-hetero) is 1. The van der Waals surface area contributed by atoms with Crippen molar-refractivity contribution in [3.8, 4) is 0 Å². The molecule has 1 aromatic heterocycles. The number of hydrogen-bond donors (Lipinski definition) is 0. The van der Waals surface area contributed by atoms with Crippen molar-refractivity contribution < 1.29 is 18.7 Å². The highest BCUT2D eigenvalue weighted by atomic mass is 16.6. The van der Waals surface area contributed by atoms with Crippen LogP contribution in [0.4, 0.5) is 4.79 Å². The molecule has 0 N–H and O–H groups in total. The number of carbonyl (C=O) groups is 2. The van der Waals surface area contributed by atoms with Gasteiger partial charge in [0.1, 0.15) is 0 Å². The van der Waals surface area contributed by atoms with Gasteiger partial charge in [0, 0.05) is 19.0 Å². The summed E-state index contributed by atoms with van der Waals surface area (Å²) in [6.07, 6.45) is 4.97. The Morgan fingerprint density at radius 2 is 2.29 bits per heavy atom. The van der Waals surface area contributed by atoms with Crippen molar-refractivity contribution in [2.75, 3.05) is 13.2 Å². The minimum atomic E-state index is -0.288. The Kier molecular flexibility index (Phi) is 3.99. The summed E-state index contributed by atoms with van der Waals surface area (Å²) in [7, 11) is 0. The molecule has 1 aliphatic heterocycles. The van der Waals surface area contributed by atoms with Crippen LogP contribution in [0.2, 0.25) is 0 Å². The van der Waals surface area contributed by atoms with Gasteiger partial charge in [0.25, 0.3) is 0 Å². The van der Waals surface area contributed by atoms with E-state index in [0.29, 0.717) is 30.6 Å². The van der Waals surface area contributed by atoms with Gasteiger partial charge >= 0.3 is 6.09 Å². The van der Waals surface area contributed by atoms with Crippen molar-refractivity contribution >= 4 is 11.9 Å². The summed E-state index contributed by atoms with van der Waals surface area (Å²) in [6, 6.07) is 3.34. The molecule has 1 saturated carbocycles. The van der Waals surface area contributed by atoms with E-state index in [0.717, 1.165) is 19.4 Å². The fraction of sp³-hybridized carbons (Fsp3) is 0.625. The average molecular weight is 291 g/mol. The van der Waals surface area contributed by atoms with Crippen LogP contribution < -0.4 is 0 Å². The van der Waals surface area contributed by atoms with Crippen LogP contribution >= 0.6 is 0 Å². The van der Waals surface area contributed by atoms with Gasteiger partial charge in [-0.1, -0.05) is 6.42 Å². The van der Waals surface area contributed by atoms with Crippen molar-refractivity contribution in [3.63, 3.8) is 0 Å². The minimum Gasteiger partial charge on any atom is -0.461 e. The van der Waals surface area contributed by atoms with Gasteiger partial charge in [-0.15, -0.1) is 0 Å². The highest BCUT2D eigenvalue weighted by Crippen LogP contribution is 2.43. The van der Waals surface area contributed by atoms with Crippen LogP contribution in [0, 0.1) is 11.8 Å². The van der Waals surface area contributed by atoms with Gasteiger partial charge < -0.3 is 14.1 Å². The zero-order chi connectivity index (χ0) is 14.8. The van der Waals surface area contributed by atoms with Gasteiger partial charge in [-0.3, -0.25) is 4.79 Å². The number of rotatable bonds is 4. The van der Waals surface area contributed by atoms with Crippen LogP contribution in [0.3, 0.4) is 0 Å². The molecule has 0 bridgehead atoms. The number of carbonyl (C=O) groups excluding carboxylic acids is 2. The molecule has 1 aromatic rings. The lowest BCUT2D eigenvalue weighted by molar-refractivity contribution is 0.0822. The zero-order valence-electron chi connectivity index (χ0n) is 12.3. The van der Waals surface area contributed by atoms with Crippen LogP contribution in [0.25, 0.3) is 0 Å². The smallest absolute Gasteiger partial charge is 0.410 e. The third-order valence-corrected chi connectivity index (χ3v) is 4.74. The lowest BCUT2D eigenvalue weighted by Crippen LogP contribution is -2.39. The first kappa shape index (κ1) is 14.2. The summed E-state index contributed by atoms with van der Waals surface area (Å²) < 4.78 is 10.3. The number of ketones is 1. The first-order valence-electron chi connectivity index (χ1n) is 7.70. The first-order valence-corrected chi connectivity index (χ1v) is 7.70. The molecule has 5 heteroatoms. The van der Waals surface area contributed by atoms with Crippen molar-refractivity contribution in [1.82, 2.24) is 4.90 Å². The van der Waals surface area contributed by atoms with Gasteiger partial charge in [-0.2, -0.15) is 0 Å². The van der Waals surface area contributed by atoms with Crippen LogP contribution in [-0.4, -0.2) is 36.0 Å². The largest absolute Gasteiger partial charge is 0.461 e. The fourth-order valence-corrected chi connectivity index (χ4v) is 3.82. The van der Waals surface area contributed by atoms with Gasteiger partial charge in [0.2, 0.25) is 0 Å². The maximum atomic E-state index is 12.3. The molecule has 3 atom stereocenters. The number of amides is 1. The Hall–Kier alpha value is -1.78. The van der Waals surface area contributed by atoms with Crippen LogP contribution in [0.1, 0.15) is 43.2 Å². The lowest BCUT2D eigenvalue weighted by Gasteiger charge is -2.26. The van der Waals surface area contributed by atoms with Crippen molar-refractivity contribution in [3.05, 3.63) is 24.2 Å². The molecule has 2 aliphatic rings. The number of likely N-dealkylation sites (tertiary alicyclic amines) is 1. The number of fused-ring (bicyclic) bond motifs is 1. The van der Waals surface area contributed by atoms with Gasteiger partial charge in [0.15, 0.2) is 11.5 Å². The predicted octanol–water partition coefficient (Wildman–Crippen LogP) is 3.11. The number of furan rings is 1. The average Bonchev–Trinajstić information content (AvgIpc) is 3.16. The molecule has 5 nitrogen and oxygen atoms in total. The fourth-order valence-electron chi connectivity index (χ4n) is 3.82. The molecule has 1 saturated heterocycles. The summed E-state index contributed by atoms with van der Waals surface area (Å²) in [6.45, 7) is 2.89. The molecule has 0 radical (unpaired) electrons. The summed E-state index contributed by atoms with van der Waals surface area (Å²) in [5.74, 6) is 1.28. The van der Waals surface area contributed by atoms with Gasteiger partial charge in [-0.05, 0) is 43.7 Å². The molecule has 3 unspecified atom stereocenters. The van der Waals surface area contributed by atoms with E-state index in [-0.39, 0.29) is 17.9 Å². The number of hydrogen-bond acceptors (Lipinski definition) is 4. The van der Waals surface area contributed by atoms with Crippen LogP contribution in [-0.2, 0) is 4.74 Å². The van der Waals surface area contributed by atoms with E-state index in [1.165, 1.54) is 12.7 Å². The van der Waals surface area contributed by atoms with Crippen LogP contribution in [0.5, 0.6) is 0 Å². The minimum absolute atomic E-state index is 0.0353. The third kappa shape index (κ3) is 2.69. The predicted molar refractivity (Wildman–Crippen MR) is 76.0 cm³/mol. The Morgan fingerprint density at radius 3 is 3.00 bits per heavy atom. The van der Waals surface area contributed by atoms with Gasteiger partial charge in [0.05, 0.1) is 12.9 Å². The van der Waals surface area contributed by atoms with Crippen molar-refractivity contribution in [1.29, 1.82) is 0 Å². The third-order valence-electron chi connectivity index (χ3n) is 4.74. The second-order valence-corrected chi connectivity index (χ2v) is 5.88. The molecule has 0 spiro atoms. The molecular formula is C16H21NO4. The first-order chi connectivity index (χ1) is 10.2.